The molecule has 4 rings (SSSR count). The topological polar surface area (TPSA) is 94.8 Å². The van der Waals surface area contributed by atoms with Crippen molar-refractivity contribution in [3.05, 3.63) is 65.0 Å². The van der Waals surface area contributed by atoms with Crippen molar-refractivity contribution in [2.24, 2.45) is 0 Å². The van der Waals surface area contributed by atoms with Crippen molar-refractivity contribution in [2.75, 3.05) is 37.3 Å². The average Bonchev–Trinajstić information content (AvgIpc) is 3.48. The van der Waals surface area contributed by atoms with E-state index in [2.05, 4.69) is 43.5 Å². The Morgan fingerprint density at radius 3 is 2.46 bits per heavy atom. The van der Waals surface area contributed by atoms with Crippen LogP contribution >= 0.6 is 15.9 Å². The average molecular weight is 541 g/mol. The number of alkyl halides is 1. The van der Waals surface area contributed by atoms with Crippen molar-refractivity contribution in [3.63, 3.8) is 0 Å². The minimum Gasteiger partial charge on any atom is -0.376 e. The van der Waals surface area contributed by atoms with Gasteiger partial charge in [0.25, 0.3) is 5.91 Å². The summed E-state index contributed by atoms with van der Waals surface area (Å²) in [6, 6.07) is 13.9. The number of aryl methyl sites for hydroxylation is 2. The number of halogens is 1. The molecule has 0 radical (unpaired) electrons. The van der Waals surface area contributed by atoms with Gasteiger partial charge in [0.15, 0.2) is 0 Å². The van der Waals surface area contributed by atoms with Crippen LogP contribution in [0.15, 0.2) is 47.0 Å². The van der Waals surface area contributed by atoms with Crippen LogP contribution in [0.3, 0.4) is 0 Å². The van der Waals surface area contributed by atoms with Crippen LogP contribution in [0.4, 0.5) is 5.69 Å². The van der Waals surface area contributed by atoms with Crippen molar-refractivity contribution < 1.29 is 14.1 Å². The van der Waals surface area contributed by atoms with Gasteiger partial charge in [-0.15, -0.1) is 0 Å². The molecule has 2 amide bonds. The number of fused-ring (bicyclic) bond motifs is 1. The first-order valence-electron chi connectivity index (χ1n) is 11.4. The zero-order valence-corrected chi connectivity index (χ0v) is 21.7. The predicted octanol–water partition coefficient (Wildman–Crippen LogP) is 3.38. The zero-order chi connectivity index (χ0) is 24.9. The lowest BCUT2D eigenvalue weighted by Gasteiger charge is -2.30. The van der Waals surface area contributed by atoms with E-state index in [1.807, 2.05) is 42.3 Å². The summed E-state index contributed by atoms with van der Waals surface area (Å²) in [5, 5.41) is 11.4. The lowest BCUT2D eigenvalue weighted by Crippen LogP contribution is -2.48. The Labute approximate surface area is 213 Å². The molecule has 0 bridgehead atoms. The molecule has 0 saturated carbocycles. The van der Waals surface area contributed by atoms with Gasteiger partial charge in [-0.25, -0.2) is 5.01 Å². The highest BCUT2D eigenvalue weighted by Crippen LogP contribution is 2.24. The van der Waals surface area contributed by atoms with Crippen LogP contribution in [0.1, 0.15) is 22.6 Å². The van der Waals surface area contributed by atoms with Gasteiger partial charge >= 0.3 is 0 Å². The molecule has 2 aromatic carbocycles. The van der Waals surface area contributed by atoms with Crippen LogP contribution < -0.4 is 5.32 Å². The number of hydrogen-bond acceptors (Lipinski definition) is 7. The van der Waals surface area contributed by atoms with Gasteiger partial charge in [-0.2, -0.15) is 4.98 Å². The third kappa shape index (κ3) is 5.88. The molecule has 1 aromatic heterocycles. The molecule has 2 heterocycles. The maximum Gasteiger partial charge on any atom is 0.256 e. The van der Waals surface area contributed by atoms with Crippen LogP contribution in [0.5, 0.6) is 0 Å². The summed E-state index contributed by atoms with van der Waals surface area (Å²) in [7, 11) is 1.76. The maximum atomic E-state index is 13.1. The highest BCUT2D eigenvalue weighted by atomic mass is 79.9. The molecule has 1 aliphatic heterocycles. The second-order valence-corrected chi connectivity index (χ2v) is 9.33. The van der Waals surface area contributed by atoms with Gasteiger partial charge in [0, 0.05) is 50.2 Å². The number of aromatic nitrogens is 2. The van der Waals surface area contributed by atoms with Gasteiger partial charge < -0.3 is 14.7 Å². The molecule has 0 unspecified atom stereocenters. The molecular weight excluding hydrogens is 512 g/mol. The Morgan fingerprint density at radius 1 is 1.11 bits per heavy atom. The van der Waals surface area contributed by atoms with E-state index in [9.17, 15) is 9.59 Å². The summed E-state index contributed by atoms with van der Waals surface area (Å²) < 4.78 is 5.07. The van der Waals surface area contributed by atoms with Crippen molar-refractivity contribution in [1.29, 1.82) is 0 Å². The summed E-state index contributed by atoms with van der Waals surface area (Å²) in [6.45, 7) is 5.57. The molecule has 1 aliphatic rings. The maximum absolute atomic E-state index is 13.1. The van der Waals surface area contributed by atoms with Gasteiger partial charge in [0.1, 0.15) is 6.54 Å². The number of carbonyl (C=O) groups is 2. The van der Waals surface area contributed by atoms with Crippen molar-refractivity contribution in [1.82, 2.24) is 25.1 Å². The fourth-order valence-corrected chi connectivity index (χ4v) is 4.42. The number of anilines is 1. The van der Waals surface area contributed by atoms with E-state index in [4.69, 9.17) is 4.52 Å². The largest absolute Gasteiger partial charge is 0.376 e. The Balaban J connectivity index is 1.37. The quantitative estimate of drug-likeness (QED) is 0.415. The SMILES string of the molecule is Cc1nc(-c2ccc(C)c(NCC(=O)N(CCBr)CC(=O)N(C)N3Cc4ccccc4C3)c2)no1. The number of likely N-dealkylation sites (N-methyl/N-ethyl adjacent to an activating group) is 1. The first kappa shape index (κ1) is 24.9. The number of hydrogen-bond donors (Lipinski definition) is 1. The first-order chi connectivity index (χ1) is 16.9. The highest BCUT2D eigenvalue weighted by molar-refractivity contribution is 9.09. The summed E-state index contributed by atoms with van der Waals surface area (Å²) in [5.74, 6) is 0.701. The lowest BCUT2D eigenvalue weighted by molar-refractivity contribution is -0.151. The fourth-order valence-electron chi connectivity index (χ4n) is 4.00. The van der Waals surface area contributed by atoms with Crippen LogP contribution in [0, 0.1) is 13.8 Å². The number of hydrazine groups is 1. The summed E-state index contributed by atoms with van der Waals surface area (Å²) in [5.41, 5.74) is 5.02. The number of benzene rings is 2. The Hall–Kier alpha value is -3.24. The molecule has 0 spiro atoms. The molecule has 0 saturated heterocycles. The number of nitrogens with one attached hydrogen (secondary N) is 1. The van der Waals surface area contributed by atoms with Gasteiger partial charge in [0.2, 0.25) is 17.6 Å². The third-order valence-electron chi connectivity index (χ3n) is 6.10. The van der Waals surface area contributed by atoms with Crippen LogP contribution in [-0.4, -0.2) is 68.9 Å². The van der Waals surface area contributed by atoms with E-state index in [0.717, 1.165) is 16.8 Å². The number of nitrogens with zero attached hydrogens (tertiary/aromatic N) is 5. The minimum absolute atomic E-state index is 0.0105. The molecule has 0 atom stereocenters. The first-order valence-corrected chi connectivity index (χ1v) is 12.5. The number of amides is 2. The summed E-state index contributed by atoms with van der Waals surface area (Å²) in [4.78, 5) is 31.9. The van der Waals surface area contributed by atoms with E-state index >= 15 is 0 Å². The van der Waals surface area contributed by atoms with E-state index in [0.29, 0.717) is 36.7 Å². The van der Waals surface area contributed by atoms with Gasteiger partial charge in [0.05, 0.1) is 6.54 Å². The monoisotopic (exact) mass is 540 g/mol. The van der Waals surface area contributed by atoms with Crippen molar-refractivity contribution in [2.45, 2.75) is 26.9 Å². The van der Waals surface area contributed by atoms with Crippen molar-refractivity contribution in [3.8, 4) is 11.4 Å². The minimum atomic E-state index is -0.156. The second-order valence-electron chi connectivity index (χ2n) is 8.53. The van der Waals surface area contributed by atoms with Crippen LogP contribution in [0.2, 0.25) is 0 Å². The van der Waals surface area contributed by atoms with Crippen LogP contribution in [-0.2, 0) is 22.7 Å². The smallest absolute Gasteiger partial charge is 0.256 e. The van der Waals surface area contributed by atoms with E-state index < -0.39 is 0 Å². The third-order valence-corrected chi connectivity index (χ3v) is 6.45. The molecule has 0 aliphatic carbocycles. The number of carbonyl (C=O) groups excluding carboxylic acids is 2. The van der Waals surface area contributed by atoms with Crippen molar-refractivity contribution >= 4 is 33.4 Å². The molecule has 1 N–H and O–H groups in total. The Bertz CT molecular complexity index is 1190. The predicted molar refractivity (Wildman–Crippen MR) is 137 cm³/mol. The van der Waals surface area contributed by atoms with E-state index in [1.54, 1.807) is 23.9 Å². The Kier molecular flexibility index (Phi) is 7.82. The fraction of sp³-hybridized carbons (Fsp3) is 0.360. The zero-order valence-electron chi connectivity index (χ0n) is 20.1. The van der Waals surface area contributed by atoms with Gasteiger partial charge in [-0.3, -0.25) is 14.6 Å². The number of rotatable bonds is 9. The molecule has 9 nitrogen and oxygen atoms in total. The molecule has 10 heteroatoms. The van der Waals surface area contributed by atoms with E-state index in [-0.39, 0.29) is 24.9 Å². The van der Waals surface area contributed by atoms with Crippen LogP contribution in [0.25, 0.3) is 11.4 Å². The highest BCUT2D eigenvalue weighted by Gasteiger charge is 2.27. The van der Waals surface area contributed by atoms with Gasteiger partial charge in [-0.05, 0) is 29.7 Å². The second kappa shape index (κ2) is 11.0. The lowest BCUT2D eigenvalue weighted by atomic mass is 10.1. The normalized spacial score (nSPS) is 12.9. The van der Waals surface area contributed by atoms with E-state index in [1.165, 1.54) is 11.1 Å². The Morgan fingerprint density at radius 2 is 1.83 bits per heavy atom. The standard InChI is InChI=1S/C25H29BrN6O3/c1-17-8-9-19(25-28-18(2)35-29-25)12-22(17)27-13-23(33)31(11-10-26)16-24(34)30(3)32-14-20-6-4-5-7-21(20)15-32/h4-9,12,27H,10-11,13-16H2,1-3H3. The summed E-state index contributed by atoms with van der Waals surface area (Å²) >= 11 is 3.40. The molecule has 184 valence electrons. The molecule has 3 aromatic rings. The molecule has 35 heavy (non-hydrogen) atoms. The molecular formula is C25H29BrN6O3. The summed E-state index contributed by atoms with van der Waals surface area (Å²) in [6.07, 6.45) is 0. The van der Waals surface area contributed by atoms with Gasteiger partial charge in [-0.1, -0.05) is 57.5 Å². The molecule has 0 fully saturated rings.